The molecule has 0 amide bonds. The maximum Gasteiger partial charge on any atom is 0.0973 e. The van der Waals surface area contributed by atoms with Crippen molar-refractivity contribution in [2.75, 3.05) is 4.90 Å². The van der Waals surface area contributed by atoms with Crippen molar-refractivity contribution in [2.24, 2.45) is 0 Å². The molecule has 1 unspecified atom stereocenters. The van der Waals surface area contributed by atoms with E-state index in [9.17, 15) is 0 Å². The molecule has 0 aromatic heterocycles. The second-order valence-electron chi connectivity index (χ2n) is 17.3. The maximum atomic E-state index is 3.59. The van der Waals surface area contributed by atoms with Crippen LogP contribution in [0.2, 0.25) is 0 Å². The normalized spacial score (nSPS) is 14.0. The summed E-state index contributed by atoms with van der Waals surface area (Å²) < 4.78 is 0. The van der Waals surface area contributed by atoms with Crippen molar-refractivity contribution < 1.29 is 0 Å². The Balaban J connectivity index is 1.13. The molecule has 1 aliphatic carbocycles. The van der Waals surface area contributed by atoms with E-state index in [4.69, 9.17) is 0 Å². The molecule has 1 nitrogen and oxygen atoms in total. The highest BCUT2D eigenvalue weighted by atomic mass is 15.1. The molecule has 1 aliphatic rings. The van der Waals surface area contributed by atoms with Crippen LogP contribution in [0.1, 0.15) is 70.6 Å². The fourth-order valence-electron chi connectivity index (χ4n) is 7.59. The molecule has 0 radical (unpaired) electrons. The fourth-order valence-corrected chi connectivity index (χ4v) is 7.59. The van der Waals surface area contributed by atoms with Crippen LogP contribution in [-0.4, -0.2) is 0 Å². The highest BCUT2D eigenvalue weighted by Gasteiger charge is 2.21. The van der Waals surface area contributed by atoms with Gasteiger partial charge in [0.25, 0.3) is 0 Å². The third-order valence-corrected chi connectivity index (χ3v) is 11.2. The van der Waals surface area contributed by atoms with Crippen LogP contribution in [0.25, 0.3) is 44.5 Å². The molecule has 0 fully saturated rings. The minimum Gasteiger partial charge on any atom is -0.303 e. The number of allylic oxidation sites excluding steroid dienone is 4. The zero-order valence-corrected chi connectivity index (χ0v) is 34.1. The first-order chi connectivity index (χ1) is 27.5. The van der Waals surface area contributed by atoms with Gasteiger partial charge in [0.2, 0.25) is 0 Å². The average molecular weight is 738 g/mol. The van der Waals surface area contributed by atoms with Crippen LogP contribution in [0.3, 0.4) is 0 Å². The number of anilines is 3. The van der Waals surface area contributed by atoms with Crippen LogP contribution in [0, 0.1) is 12.1 Å². The first-order valence-electron chi connectivity index (χ1n) is 20.2. The van der Waals surface area contributed by atoms with Gasteiger partial charge in [0, 0.05) is 22.9 Å². The molecule has 280 valence electrons. The summed E-state index contributed by atoms with van der Waals surface area (Å²) in [4.78, 5) is 2.28. The summed E-state index contributed by atoms with van der Waals surface area (Å²) in [5, 5.41) is 0. The molecular formula is C56H51N. The average Bonchev–Trinajstić information content (AvgIpc) is 3.24. The van der Waals surface area contributed by atoms with Crippen LogP contribution in [0.5, 0.6) is 0 Å². The molecule has 7 aromatic rings. The van der Waals surface area contributed by atoms with Gasteiger partial charge in [0.05, 0.1) is 5.69 Å². The third-order valence-electron chi connectivity index (χ3n) is 11.2. The van der Waals surface area contributed by atoms with Crippen molar-refractivity contribution in [1.29, 1.82) is 0 Å². The van der Waals surface area contributed by atoms with E-state index in [-0.39, 0.29) is 10.8 Å². The standard InChI is InChI=1S/C56H51N/c1-55(2,3)50-37-49(38-51(39-50)56(4,5)6)48-29-35-54(36-30-48)57(52-31-25-46(26-32-52)44-21-17-42(18-22-44)40-13-9-7-10-14-40)53-33-27-47(28-34-53)45-23-19-43(20-24-45)41-15-11-8-12-16-41/h7-15,17-29,31-35,37-39,41H,16H2,1-6H3. The summed E-state index contributed by atoms with van der Waals surface area (Å²) in [5.41, 5.74) is 16.6. The molecule has 1 atom stereocenters. The topological polar surface area (TPSA) is 3.24 Å². The second-order valence-corrected chi connectivity index (χ2v) is 17.3. The Morgan fingerprint density at radius 1 is 0.456 bits per heavy atom. The van der Waals surface area contributed by atoms with Crippen molar-refractivity contribution >= 4 is 17.1 Å². The highest BCUT2D eigenvalue weighted by molar-refractivity contribution is 5.80. The van der Waals surface area contributed by atoms with Crippen LogP contribution in [-0.2, 0) is 10.8 Å². The van der Waals surface area contributed by atoms with E-state index in [1.165, 1.54) is 55.6 Å². The van der Waals surface area contributed by atoms with Crippen molar-refractivity contribution in [2.45, 2.75) is 64.7 Å². The van der Waals surface area contributed by atoms with Gasteiger partial charge < -0.3 is 4.90 Å². The first kappa shape index (κ1) is 37.6. The summed E-state index contributed by atoms with van der Waals surface area (Å²) in [5.74, 6) is 0.447. The zero-order chi connectivity index (χ0) is 39.6. The van der Waals surface area contributed by atoms with Crippen LogP contribution in [0.15, 0.2) is 182 Å². The quantitative estimate of drug-likeness (QED) is 0.150. The first-order valence-corrected chi connectivity index (χ1v) is 20.2. The Labute approximate surface area is 340 Å². The lowest BCUT2D eigenvalue weighted by molar-refractivity contribution is 0.569. The number of hydrogen-bond acceptors (Lipinski definition) is 1. The minimum absolute atomic E-state index is 0.0328. The monoisotopic (exact) mass is 737 g/mol. The smallest absolute Gasteiger partial charge is 0.0973 e. The largest absolute Gasteiger partial charge is 0.303 e. The van der Waals surface area contributed by atoms with Gasteiger partial charge >= 0.3 is 0 Å². The van der Waals surface area contributed by atoms with Crippen molar-refractivity contribution in [3.05, 3.63) is 211 Å². The van der Waals surface area contributed by atoms with Crippen molar-refractivity contribution in [3.63, 3.8) is 0 Å². The summed E-state index contributed by atoms with van der Waals surface area (Å²) in [6.45, 7) is 13.7. The zero-order valence-electron chi connectivity index (χ0n) is 34.1. The van der Waals surface area contributed by atoms with Gasteiger partial charge in [0.1, 0.15) is 0 Å². The van der Waals surface area contributed by atoms with E-state index in [2.05, 4.69) is 241 Å². The summed E-state index contributed by atoms with van der Waals surface area (Å²) in [6.07, 6.45) is 9.88. The molecule has 0 bridgehead atoms. The number of nitrogens with zero attached hydrogens (tertiary/aromatic N) is 1. The second kappa shape index (κ2) is 15.6. The number of rotatable bonds is 8. The lowest BCUT2D eigenvalue weighted by atomic mass is 9.79. The lowest BCUT2D eigenvalue weighted by Gasteiger charge is -2.26. The minimum atomic E-state index is 0.0328. The molecule has 57 heavy (non-hydrogen) atoms. The summed E-state index contributed by atoms with van der Waals surface area (Å²) in [7, 11) is 0. The van der Waals surface area contributed by atoms with E-state index in [0.29, 0.717) is 5.92 Å². The number of benzene rings is 6. The van der Waals surface area contributed by atoms with E-state index < -0.39 is 0 Å². The molecule has 0 saturated heterocycles. The van der Waals surface area contributed by atoms with Gasteiger partial charge in [-0.25, -0.2) is 0 Å². The Kier molecular flexibility index (Phi) is 10.3. The molecule has 1 heteroatoms. The predicted octanol–water partition coefficient (Wildman–Crippen LogP) is 15.6. The number of hydrogen-bond donors (Lipinski definition) is 0. The van der Waals surface area contributed by atoms with Crippen LogP contribution < -0.4 is 4.90 Å². The SMILES string of the molecule is CC(C)(C)c1cc(-c2c#cc(N(c3ccc(-c4ccc(-c5ccccc5)cc4)cc3)c3ccc(-c4ccc(C5C=CC=CC5)cc4)cc3)cc2)cc(C(C)(C)C)c1. The lowest BCUT2D eigenvalue weighted by Crippen LogP contribution is -2.16. The van der Waals surface area contributed by atoms with Gasteiger partial charge in [0.15, 0.2) is 0 Å². The molecule has 8 rings (SSSR count). The Morgan fingerprint density at radius 2 is 0.930 bits per heavy atom. The highest BCUT2D eigenvalue weighted by Crippen LogP contribution is 2.38. The van der Waals surface area contributed by atoms with Crippen molar-refractivity contribution in [3.8, 4) is 44.5 Å². The van der Waals surface area contributed by atoms with E-state index in [0.717, 1.165) is 29.0 Å². The molecular weight excluding hydrogens is 687 g/mol. The van der Waals surface area contributed by atoms with E-state index >= 15 is 0 Å². The fraction of sp³-hybridized carbons (Fsp3) is 0.179. The van der Waals surface area contributed by atoms with Gasteiger partial charge in [-0.05, 0) is 127 Å². The van der Waals surface area contributed by atoms with Gasteiger partial charge in [-0.3, -0.25) is 0 Å². The van der Waals surface area contributed by atoms with Gasteiger partial charge in [-0.2, -0.15) is 0 Å². The Morgan fingerprint density at radius 3 is 1.37 bits per heavy atom. The molecule has 7 aromatic carbocycles. The maximum absolute atomic E-state index is 3.59. The van der Waals surface area contributed by atoms with Crippen LogP contribution >= 0.6 is 0 Å². The van der Waals surface area contributed by atoms with Gasteiger partial charge in [-0.15, -0.1) is 0 Å². The van der Waals surface area contributed by atoms with Gasteiger partial charge in [-0.1, -0.05) is 181 Å². The van der Waals surface area contributed by atoms with Crippen LogP contribution in [0.4, 0.5) is 17.1 Å². The molecule has 0 N–H and O–H groups in total. The Bertz CT molecular complexity index is 2450. The molecule has 0 spiro atoms. The Hall–Kier alpha value is -6.36. The van der Waals surface area contributed by atoms with E-state index in [1.54, 1.807) is 0 Å². The van der Waals surface area contributed by atoms with E-state index in [1.807, 2.05) is 0 Å². The predicted molar refractivity (Wildman–Crippen MR) is 244 cm³/mol. The van der Waals surface area contributed by atoms with Crippen molar-refractivity contribution in [1.82, 2.24) is 0 Å². The summed E-state index contributed by atoms with van der Waals surface area (Å²) >= 11 is 0. The third kappa shape index (κ3) is 8.42. The molecule has 0 heterocycles. The molecule has 0 saturated carbocycles. The summed E-state index contributed by atoms with van der Waals surface area (Å²) in [6, 6.07) is 64.8. The molecule has 0 aliphatic heterocycles.